The van der Waals surface area contributed by atoms with Crippen molar-refractivity contribution in [1.82, 2.24) is 20.0 Å². The van der Waals surface area contributed by atoms with Crippen LogP contribution in [0.3, 0.4) is 0 Å². The number of carbonyl (C=O) groups is 3. The topological polar surface area (TPSA) is 132 Å². The van der Waals surface area contributed by atoms with Gasteiger partial charge in [-0.3, -0.25) is 19.4 Å². The van der Waals surface area contributed by atoms with Gasteiger partial charge in [0.25, 0.3) is 0 Å². The van der Waals surface area contributed by atoms with Gasteiger partial charge in [-0.05, 0) is 18.2 Å². The molecule has 3 heterocycles. The Bertz CT molecular complexity index is 1440. The summed E-state index contributed by atoms with van der Waals surface area (Å²) in [5, 5.41) is 8.29. The minimum Gasteiger partial charge on any atom is -0.463 e. The monoisotopic (exact) mass is 614 g/mol. The fourth-order valence-electron chi connectivity index (χ4n) is 4.13. The highest BCUT2D eigenvalue weighted by atomic mass is 35.5. The van der Waals surface area contributed by atoms with Crippen molar-refractivity contribution >= 4 is 41.3 Å². The fourth-order valence-corrected chi connectivity index (χ4v) is 5.50. The summed E-state index contributed by atoms with van der Waals surface area (Å²) in [5.41, 5.74) is -1.23. The number of rotatable bonds is 8. The van der Waals surface area contributed by atoms with Crippen molar-refractivity contribution in [3.63, 3.8) is 0 Å². The number of halogens is 4. The third-order valence-corrected chi connectivity index (χ3v) is 7.01. The Kier molecular flexibility index (Phi) is 9.50. The van der Waals surface area contributed by atoms with Crippen LogP contribution in [0.25, 0.3) is 11.3 Å². The largest absolute Gasteiger partial charge is 0.463 e. The second kappa shape index (κ2) is 12.9. The van der Waals surface area contributed by atoms with Gasteiger partial charge in [-0.1, -0.05) is 28.6 Å². The summed E-state index contributed by atoms with van der Waals surface area (Å²) in [6.45, 7) is 3.10. The Balaban J connectivity index is 1.82. The standard InChI is InChI=1S/C25H22ClF3N4O7S/c1-11(34)37-10-20-23(38-12(2)35)22(33-9-19(31-32-33)14-4-17(27)21(29)18(28)5-14)24(39-13(3)36)25(40-20)41-16-6-15(26)7-30-8-16/h4-9,20,22-25H,10H2,1-3H3/t20-,22+,23+,24-,25-/m1/s1. The average Bonchev–Trinajstić information content (AvgIpc) is 3.37. The number of ether oxygens (including phenoxy) is 4. The molecule has 0 unspecified atom stereocenters. The summed E-state index contributed by atoms with van der Waals surface area (Å²) >= 11 is 7.14. The first-order valence-corrected chi connectivity index (χ1v) is 13.2. The van der Waals surface area contributed by atoms with Gasteiger partial charge >= 0.3 is 17.9 Å². The van der Waals surface area contributed by atoms with E-state index in [0.717, 1.165) is 37.7 Å². The van der Waals surface area contributed by atoms with Gasteiger partial charge < -0.3 is 18.9 Å². The molecular weight excluding hydrogens is 593 g/mol. The Labute approximate surface area is 240 Å². The van der Waals surface area contributed by atoms with Gasteiger partial charge in [-0.15, -0.1) is 5.10 Å². The first kappa shape index (κ1) is 30.3. The lowest BCUT2D eigenvalue weighted by Gasteiger charge is -2.44. The van der Waals surface area contributed by atoms with E-state index in [1.807, 2.05) is 0 Å². The predicted octanol–water partition coefficient (Wildman–Crippen LogP) is 3.90. The molecule has 1 saturated heterocycles. The van der Waals surface area contributed by atoms with E-state index in [2.05, 4.69) is 15.3 Å². The van der Waals surface area contributed by atoms with E-state index in [9.17, 15) is 27.6 Å². The molecule has 1 aliphatic rings. The number of nitrogens with zero attached hydrogens (tertiary/aromatic N) is 4. The second-order valence-electron chi connectivity index (χ2n) is 8.78. The van der Waals surface area contributed by atoms with Gasteiger partial charge in [0, 0.05) is 43.6 Å². The lowest BCUT2D eigenvalue weighted by atomic mass is 9.96. The molecule has 11 nitrogen and oxygen atoms in total. The zero-order valence-corrected chi connectivity index (χ0v) is 23.2. The molecule has 218 valence electrons. The Morgan fingerprint density at radius 1 is 1.00 bits per heavy atom. The molecule has 0 amide bonds. The summed E-state index contributed by atoms with van der Waals surface area (Å²) in [7, 11) is 0. The first-order valence-electron chi connectivity index (χ1n) is 11.9. The summed E-state index contributed by atoms with van der Waals surface area (Å²) in [5.74, 6) is -6.64. The van der Waals surface area contributed by atoms with Crippen LogP contribution in [-0.4, -0.2) is 68.2 Å². The lowest BCUT2D eigenvalue weighted by molar-refractivity contribution is -0.212. The van der Waals surface area contributed by atoms with Crippen LogP contribution in [0.1, 0.15) is 26.8 Å². The number of benzene rings is 1. The van der Waals surface area contributed by atoms with Gasteiger partial charge in [0.15, 0.2) is 29.7 Å². The molecule has 4 rings (SSSR count). The molecule has 2 aromatic heterocycles. The zero-order chi connectivity index (χ0) is 29.8. The number of pyridine rings is 1. The van der Waals surface area contributed by atoms with Gasteiger partial charge in [0.2, 0.25) is 0 Å². The highest BCUT2D eigenvalue weighted by Gasteiger charge is 2.52. The molecule has 0 aliphatic carbocycles. The molecule has 1 aliphatic heterocycles. The maximum atomic E-state index is 13.9. The third-order valence-electron chi connectivity index (χ3n) is 5.70. The Morgan fingerprint density at radius 2 is 1.66 bits per heavy atom. The summed E-state index contributed by atoms with van der Waals surface area (Å²) in [6, 6.07) is 1.90. The molecule has 5 atom stereocenters. The minimum absolute atomic E-state index is 0.0720. The highest BCUT2D eigenvalue weighted by Crippen LogP contribution is 2.41. The van der Waals surface area contributed by atoms with Crippen molar-refractivity contribution in [3.8, 4) is 11.3 Å². The molecular formula is C25H22ClF3N4O7S. The number of esters is 3. The molecule has 0 radical (unpaired) electrons. The SMILES string of the molecule is CC(=O)OC[C@H]1O[C@H](Sc2cncc(Cl)c2)[C@H](OC(C)=O)[C@@H](n2cc(-c3cc(F)c(F)c(F)c3)nn2)[C@H]1OC(C)=O. The normalized spacial score (nSPS) is 22.2. The van der Waals surface area contributed by atoms with Crippen LogP contribution in [0, 0.1) is 17.5 Å². The predicted molar refractivity (Wildman–Crippen MR) is 136 cm³/mol. The molecule has 41 heavy (non-hydrogen) atoms. The fraction of sp³-hybridized carbons (Fsp3) is 0.360. The molecule has 1 fully saturated rings. The van der Waals surface area contributed by atoms with Crippen LogP contribution < -0.4 is 0 Å². The van der Waals surface area contributed by atoms with E-state index in [1.54, 1.807) is 6.07 Å². The summed E-state index contributed by atoms with van der Waals surface area (Å²) < 4.78 is 65.0. The number of aromatic nitrogens is 4. The van der Waals surface area contributed by atoms with E-state index >= 15 is 0 Å². The van der Waals surface area contributed by atoms with Crippen LogP contribution in [0.2, 0.25) is 5.02 Å². The van der Waals surface area contributed by atoms with E-state index < -0.39 is 65.1 Å². The Hall–Kier alpha value is -3.69. The summed E-state index contributed by atoms with van der Waals surface area (Å²) in [4.78, 5) is 40.6. The van der Waals surface area contributed by atoms with Crippen molar-refractivity contribution < 1.29 is 46.5 Å². The van der Waals surface area contributed by atoms with E-state index in [4.69, 9.17) is 30.5 Å². The zero-order valence-electron chi connectivity index (χ0n) is 21.6. The molecule has 0 bridgehead atoms. The second-order valence-corrected chi connectivity index (χ2v) is 10.4. The van der Waals surface area contributed by atoms with Crippen LogP contribution >= 0.6 is 23.4 Å². The quantitative estimate of drug-likeness (QED) is 0.208. The van der Waals surface area contributed by atoms with E-state index in [-0.39, 0.29) is 17.9 Å². The van der Waals surface area contributed by atoms with Gasteiger partial charge in [0.05, 0.1) is 11.2 Å². The van der Waals surface area contributed by atoms with E-state index in [0.29, 0.717) is 9.92 Å². The first-order chi connectivity index (χ1) is 19.4. The Morgan fingerprint density at radius 3 is 2.27 bits per heavy atom. The number of thioether (sulfide) groups is 1. The van der Waals surface area contributed by atoms with Crippen molar-refractivity contribution in [2.75, 3.05) is 6.61 Å². The van der Waals surface area contributed by atoms with Crippen LogP contribution in [0.4, 0.5) is 13.2 Å². The molecule has 0 N–H and O–H groups in total. The number of hydrogen-bond donors (Lipinski definition) is 0. The van der Waals surface area contributed by atoms with Gasteiger partial charge in [-0.2, -0.15) is 0 Å². The number of hydrogen-bond acceptors (Lipinski definition) is 11. The lowest BCUT2D eigenvalue weighted by Crippen LogP contribution is -2.57. The van der Waals surface area contributed by atoms with Gasteiger partial charge in [0.1, 0.15) is 29.9 Å². The molecule has 1 aromatic carbocycles. The van der Waals surface area contributed by atoms with Crippen molar-refractivity contribution in [1.29, 1.82) is 0 Å². The van der Waals surface area contributed by atoms with Gasteiger partial charge in [-0.25, -0.2) is 17.9 Å². The van der Waals surface area contributed by atoms with Crippen LogP contribution in [0.15, 0.2) is 41.7 Å². The van der Waals surface area contributed by atoms with Crippen molar-refractivity contribution in [2.45, 2.75) is 55.5 Å². The van der Waals surface area contributed by atoms with Crippen LogP contribution in [0.5, 0.6) is 0 Å². The average molecular weight is 615 g/mol. The number of carbonyl (C=O) groups excluding carboxylic acids is 3. The maximum Gasteiger partial charge on any atom is 0.303 e. The smallest absolute Gasteiger partial charge is 0.303 e. The minimum atomic E-state index is -1.65. The van der Waals surface area contributed by atoms with Crippen molar-refractivity contribution in [2.24, 2.45) is 0 Å². The molecule has 16 heteroatoms. The molecule has 0 spiro atoms. The van der Waals surface area contributed by atoms with Crippen molar-refractivity contribution in [3.05, 3.63) is 59.3 Å². The third kappa shape index (κ3) is 7.34. The molecule has 3 aromatic rings. The summed E-state index contributed by atoms with van der Waals surface area (Å²) in [6.07, 6.45) is 0.577. The van der Waals surface area contributed by atoms with E-state index in [1.165, 1.54) is 30.2 Å². The maximum absolute atomic E-state index is 13.9. The highest BCUT2D eigenvalue weighted by molar-refractivity contribution is 7.99. The van der Waals surface area contributed by atoms with Crippen LogP contribution in [-0.2, 0) is 33.3 Å². The molecule has 0 saturated carbocycles.